The maximum atomic E-state index is 5.82. The van der Waals surface area contributed by atoms with Crippen molar-refractivity contribution in [3.05, 3.63) is 35.6 Å². The highest BCUT2D eigenvalue weighted by atomic mass is 16.3. The Kier molecular flexibility index (Phi) is 2.78. The molecule has 0 saturated heterocycles. The summed E-state index contributed by atoms with van der Waals surface area (Å²) in [6.45, 7) is 4.91. The van der Waals surface area contributed by atoms with Crippen LogP contribution in [0.1, 0.15) is 18.2 Å². The van der Waals surface area contributed by atoms with Gasteiger partial charge in [0.1, 0.15) is 11.3 Å². The van der Waals surface area contributed by atoms with E-state index in [9.17, 15) is 0 Å². The van der Waals surface area contributed by atoms with Crippen LogP contribution in [-0.2, 0) is 6.42 Å². The van der Waals surface area contributed by atoms with Gasteiger partial charge >= 0.3 is 0 Å². The minimum Gasteiger partial charge on any atom is -0.461 e. The first-order valence-electron chi connectivity index (χ1n) is 5.39. The van der Waals surface area contributed by atoms with Crippen molar-refractivity contribution in [3.63, 3.8) is 0 Å². The second kappa shape index (κ2) is 4.07. The number of fused-ring (bicyclic) bond motifs is 1. The number of nitrogens with two attached hydrogens (primary N) is 1. The van der Waals surface area contributed by atoms with Gasteiger partial charge in [0.05, 0.1) is 0 Å². The maximum absolute atomic E-state index is 5.82. The number of hydrogen-bond acceptors (Lipinski definition) is 2. The van der Waals surface area contributed by atoms with Crippen LogP contribution < -0.4 is 5.73 Å². The van der Waals surface area contributed by atoms with Gasteiger partial charge in [0.2, 0.25) is 0 Å². The van der Waals surface area contributed by atoms with Crippen molar-refractivity contribution in [3.8, 4) is 0 Å². The van der Waals surface area contributed by atoms with E-state index in [0.717, 1.165) is 17.8 Å². The average Bonchev–Trinajstić information content (AvgIpc) is 2.62. The number of aryl methyl sites for hydroxylation is 1. The fourth-order valence-electron chi connectivity index (χ4n) is 1.79. The lowest BCUT2D eigenvalue weighted by Gasteiger charge is -2.03. The number of furan rings is 1. The van der Waals surface area contributed by atoms with Crippen LogP contribution in [0.25, 0.3) is 11.0 Å². The smallest absolute Gasteiger partial charge is 0.137 e. The zero-order chi connectivity index (χ0) is 10.8. The molecule has 2 aromatic rings. The second-order valence-corrected chi connectivity index (χ2v) is 4.25. The summed E-state index contributed by atoms with van der Waals surface area (Å²) in [7, 11) is 0. The number of para-hydroxylation sites is 1. The average molecular weight is 203 g/mol. The van der Waals surface area contributed by atoms with Crippen molar-refractivity contribution in [2.45, 2.75) is 20.3 Å². The van der Waals surface area contributed by atoms with Crippen molar-refractivity contribution in [1.29, 1.82) is 0 Å². The Morgan fingerprint density at radius 1 is 1.40 bits per heavy atom. The molecule has 0 radical (unpaired) electrons. The van der Waals surface area contributed by atoms with Crippen LogP contribution in [0.5, 0.6) is 0 Å². The van der Waals surface area contributed by atoms with E-state index < -0.39 is 0 Å². The molecule has 1 heterocycles. The third-order valence-electron chi connectivity index (χ3n) is 2.74. The molecule has 1 aromatic heterocycles. The van der Waals surface area contributed by atoms with Gasteiger partial charge in [-0.2, -0.15) is 0 Å². The van der Waals surface area contributed by atoms with E-state index in [1.807, 2.05) is 0 Å². The van der Waals surface area contributed by atoms with Gasteiger partial charge in [-0.05, 0) is 31.0 Å². The topological polar surface area (TPSA) is 39.2 Å². The Morgan fingerprint density at radius 2 is 2.20 bits per heavy atom. The quantitative estimate of drug-likeness (QED) is 0.833. The van der Waals surface area contributed by atoms with Crippen molar-refractivity contribution in [2.75, 3.05) is 6.54 Å². The molecule has 0 aliphatic carbocycles. The Labute approximate surface area is 90.1 Å². The van der Waals surface area contributed by atoms with Crippen LogP contribution in [0.2, 0.25) is 0 Å². The molecule has 0 saturated carbocycles. The van der Waals surface area contributed by atoms with Gasteiger partial charge < -0.3 is 10.2 Å². The monoisotopic (exact) mass is 203 g/mol. The first-order valence-corrected chi connectivity index (χ1v) is 5.39. The highest BCUT2D eigenvalue weighted by Crippen LogP contribution is 2.23. The first-order chi connectivity index (χ1) is 7.20. The first kappa shape index (κ1) is 10.2. The van der Waals surface area contributed by atoms with Gasteiger partial charge in [0, 0.05) is 11.8 Å². The summed E-state index contributed by atoms with van der Waals surface area (Å²) in [5.74, 6) is 1.52. The van der Waals surface area contributed by atoms with Crippen LogP contribution >= 0.6 is 0 Å². The molecule has 2 rings (SSSR count). The molecule has 1 atom stereocenters. The SMILES string of the molecule is Cc1cccc2cc(CC(C)CN)oc12. The zero-order valence-electron chi connectivity index (χ0n) is 9.29. The molecule has 1 aromatic carbocycles. The van der Waals surface area contributed by atoms with E-state index >= 15 is 0 Å². The maximum Gasteiger partial charge on any atom is 0.137 e. The second-order valence-electron chi connectivity index (χ2n) is 4.25. The summed E-state index contributed by atoms with van der Waals surface area (Å²) < 4.78 is 5.82. The van der Waals surface area contributed by atoms with Gasteiger partial charge in [-0.3, -0.25) is 0 Å². The summed E-state index contributed by atoms with van der Waals surface area (Å²) in [4.78, 5) is 0. The molecule has 1 unspecified atom stereocenters. The minimum atomic E-state index is 0.478. The van der Waals surface area contributed by atoms with Gasteiger partial charge in [0.15, 0.2) is 0 Å². The van der Waals surface area contributed by atoms with Crippen molar-refractivity contribution < 1.29 is 4.42 Å². The minimum absolute atomic E-state index is 0.478. The van der Waals surface area contributed by atoms with Crippen LogP contribution in [0.3, 0.4) is 0 Å². The molecule has 2 N–H and O–H groups in total. The predicted molar refractivity (Wildman–Crippen MR) is 62.9 cm³/mol. The third-order valence-corrected chi connectivity index (χ3v) is 2.74. The molecule has 0 aliphatic rings. The summed E-state index contributed by atoms with van der Waals surface area (Å²) in [5, 5.41) is 1.19. The summed E-state index contributed by atoms with van der Waals surface area (Å²) in [5.41, 5.74) is 7.81. The van der Waals surface area contributed by atoms with E-state index in [1.54, 1.807) is 0 Å². The fourth-order valence-corrected chi connectivity index (χ4v) is 1.79. The van der Waals surface area contributed by atoms with E-state index in [-0.39, 0.29) is 0 Å². The predicted octanol–water partition coefficient (Wildman–Crippen LogP) is 2.88. The van der Waals surface area contributed by atoms with E-state index in [4.69, 9.17) is 10.2 Å². The molecular weight excluding hydrogens is 186 g/mol. The number of hydrogen-bond donors (Lipinski definition) is 1. The van der Waals surface area contributed by atoms with Gasteiger partial charge in [0.25, 0.3) is 0 Å². The summed E-state index contributed by atoms with van der Waals surface area (Å²) >= 11 is 0. The normalized spacial score (nSPS) is 13.3. The highest BCUT2D eigenvalue weighted by Gasteiger charge is 2.08. The summed E-state index contributed by atoms with van der Waals surface area (Å²) in [6, 6.07) is 8.34. The molecular formula is C13H17NO. The van der Waals surface area contributed by atoms with Gasteiger partial charge in [-0.25, -0.2) is 0 Å². The van der Waals surface area contributed by atoms with Crippen LogP contribution in [0.15, 0.2) is 28.7 Å². The Balaban J connectivity index is 2.35. The Bertz CT molecular complexity index is 459. The summed E-state index contributed by atoms with van der Waals surface area (Å²) in [6.07, 6.45) is 0.921. The molecule has 0 spiro atoms. The lowest BCUT2D eigenvalue weighted by Crippen LogP contribution is -2.12. The largest absolute Gasteiger partial charge is 0.461 e. The number of benzene rings is 1. The van der Waals surface area contributed by atoms with Crippen LogP contribution in [-0.4, -0.2) is 6.54 Å². The highest BCUT2D eigenvalue weighted by molar-refractivity contribution is 5.80. The standard InChI is InChI=1S/C13H17NO/c1-9(8-14)6-12-7-11-5-3-4-10(2)13(11)15-12/h3-5,7,9H,6,8,14H2,1-2H3. The zero-order valence-corrected chi connectivity index (χ0v) is 9.29. The van der Waals surface area contributed by atoms with Crippen LogP contribution in [0, 0.1) is 12.8 Å². The fraction of sp³-hybridized carbons (Fsp3) is 0.385. The molecule has 2 heteroatoms. The van der Waals surface area contributed by atoms with Gasteiger partial charge in [-0.15, -0.1) is 0 Å². The molecule has 0 aliphatic heterocycles. The van der Waals surface area contributed by atoms with Crippen molar-refractivity contribution in [2.24, 2.45) is 11.7 Å². The van der Waals surface area contributed by atoms with Crippen molar-refractivity contribution in [1.82, 2.24) is 0 Å². The Hall–Kier alpha value is -1.28. The third kappa shape index (κ3) is 2.05. The van der Waals surface area contributed by atoms with Crippen LogP contribution in [0.4, 0.5) is 0 Å². The van der Waals surface area contributed by atoms with E-state index in [0.29, 0.717) is 12.5 Å². The molecule has 0 bridgehead atoms. The Morgan fingerprint density at radius 3 is 2.87 bits per heavy atom. The number of rotatable bonds is 3. The molecule has 2 nitrogen and oxygen atoms in total. The molecule has 15 heavy (non-hydrogen) atoms. The van der Waals surface area contributed by atoms with E-state index in [2.05, 4.69) is 38.1 Å². The lowest BCUT2D eigenvalue weighted by molar-refractivity contribution is 0.483. The van der Waals surface area contributed by atoms with E-state index in [1.165, 1.54) is 10.9 Å². The molecule has 0 amide bonds. The lowest BCUT2D eigenvalue weighted by atomic mass is 10.1. The van der Waals surface area contributed by atoms with Gasteiger partial charge in [-0.1, -0.05) is 25.1 Å². The molecule has 0 fully saturated rings. The molecule has 80 valence electrons. The van der Waals surface area contributed by atoms with Crippen molar-refractivity contribution >= 4 is 11.0 Å².